The van der Waals surface area contributed by atoms with Crippen molar-refractivity contribution < 1.29 is 18.7 Å². The number of aromatic nitrogens is 2. The van der Waals surface area contributed by atoms with E-state index in [-0.39, 0.29) is 19.0 Å². The van der Waals surface area contributed by atoms with Gasteiger partial charge in [-0.05, 0) is 23.6 Å². The van der Waals surface area contributed by atoms with Crippen LogP contribution in [-0.4, -0.2) is 27.6 Å². The Kier molecular flexibility index (Phi) is 4.28. The summed E-state index contributed by atoms with van der Waals surface area (Å²) in [4.78, 5) is 11.9. The molecule has 4 rings (SSSR count). The van der Waals surface area contributed by atoms with Gasteiger partial charge in [-0.25, -0.2) is 4.79 Å². The summed E-state index contributed by atoms with van der Waals surface area (Å²) >= 11 is 0. The van der Waals surface area contributed by atoms with Crippen LogP contribution in [0.4, 0.5) is 0 Å². The van der Waals surface area contributed by atoms with Crippen LogP contribution in [0.25, 0.3) is 22.4 Å². The van der Waals surface area contributed by atoms with E-state index < -0.39 is 11.9 Å². The van der Waals surface area contributed by atoms with Crippen LogP contribution < -0.4 is 10.5 Å². The number of ether oxygens (including phenoxy) is 1. The number of aliphatic hydroxyl groups excluding tert-OH is 1. The summed E-state index contributed by atoms with van der Waals surface area (Å²) in [5, 5.41) is 16.2. The molecule has 0 amide bonds. The topological polar surface area (TPSA) is 90.6 Å². The summed E-state index contributed by atoms with van der Waals surface area (Å²) in [5.74, 6) is 0.427. The van der Waals surface area contributed by atoms with Crippen molar-refractivity contribution in [3.63, 3.8) is 0 Å². The van der Waals surface area contributed by atoms with Gasteiger partial charge in [0.2, 0.25) is 0 Å². The van der Waals surface area contributed by atoms with E-state index in [1.807, 2.05) is 42.5 Å². The molecule has 26 heavy (non-hydrogen) atoms. The summed E-state index contributed by atoms with van der Waals surface area (Å²) in [6.45, 7) is -0.0306. The third-order valence-electron chi connectivity index (χ3n) is 3.90. The molecule has 0 fully saturated rings. The van der Waals surface area contributed by atoms with Gasteiger partial charge in [-0.3, -0.25) is 0 Å². The third kappa shape index (κ3) is 3.25. The fourth-order valence-corrected chi connectivity index (χ4v) is 2.68. The standard InChI is InChI=1S/C19H16N2O5/c22-14(11-21-19(23)26-18(20-21)17-9-4-10-24-17)12-25-16-8-3-6-13-5-1-2-7-15(13)16/h1-10,14,22H,11-12H2. The van der Waals surface area contributed by atoms with E-state index in [2.05, 4.69) is 5.10 Å². The molecule has 0 saturated heterocycles. The maximum Gasteiger partial charge on any atom is 0.437 e. The van der Waals surface area contributed by atoms with Crippen LogP contribution in [0.1, 0.15) is 0 Å². The van der Waals surface area contributed by atoms with E-state index in [0.717, 1.165) is 15.5 Å². The van der Waals surface area contributed by atoms with E-state index >= 15 is 0 Å². The molecule has 0 aliphatic carbocycles. The number of aliphatic hydroxyl groups is 1. The number of benzene rings is 2. The van der Waals surface area contributed by atoms with Crippen molar-refractivity contribution in [2.75, 3.05) is 6.61 Å². The molecule has 0 aliphatic rings. The number of rotatable bonds is 6. The molecule has 2 aromatic heterocycles. The highest BCUT2D eigenvalue weighted by molar-refractivity contribution is 5.88. The average molecular weight is 352 g/mol. The van der Waals surface area contributed by atoms with Gasteiger partial charge in [-0.15, -0.1) is 5.10 Å². The Morgan fingerprint density at radius 3 is 2.81 bits per heavy atom. The molecule has 0 spiro atoms. The van der Waals surface area contributed by atoms with Crippen LogP contribution in [0.5, 0.6) is 5.75 Å². The Labute approximate surface area is 148 Å². The van der Waals surface area contributed by atoms with Gasteiger partial charge < -0.3 is 18.7 Å². The van der Waals surface area contributed by atoms with Crippen LogP contribution >= 0.6 is 0 Å². The van der Waals surface area contributed by atoms with Crippen molar-refractivity contribution in [3.05, 3.63) is 71.4 Å². The van der Waals surface area contributed by atoms with Crippen LogP contribution in [-0.2, 0) is 6.54 Å². The monoisotopic (exact) mass is 352 g/mol. The lowest BCUT2D eigenvalue weighted by Gasteiger charge is -2.13. The number of nitrogens with zero attached hydrogens (tertiary/aromatic N) is 2. The highest BCUT2D eigenvalue weighted by Gasteiger charge is 2.16. The summed E-state index contributed by atoms with van der Waals surface area (Å²) in [5.41, 5.74) is 0. The quantitative estimate of drug-likeness (QED) is 0.574. The third-order valence-corrected chi connectivity index (χ3v) is 3.90. The SMILES string of the molecule is O=c1oc(-c2ccco2)nn1CC(O)COc1cccc2ccccc12. The van der Waals surface area contributed by atoms with Gasteiger partial charge in [0.15, 0.2) is 5.76 Å². The van der Waals surface area contributed by atoms with Crippen LogP contribution in [0.3, 0.4) is 0 Å². The molecule has 1 N–H and O–H groups in total. The van der Waals surface area contributed by atoms with E-state index in [4.69, 9.17) is 13.6 Å². The molecule has 132 valence electrons. The molecule has 0 bridgehead atoms. The Hall–Kier alpha value is -3.32. The molecule has 0 aliphatic heterocycles. The normalized spacial score (nSPS) is 12.3. The molecule has 7 nitrogen and oxygen atoms in total. The van der Waals surface area contributed by atoms with E-state index in [0.29, 0.717) is 11.5 Å². The number of fused-ring (bicyclic) bond motifs is 1. The highest BCUT2D eigenvalue weighted by Crippen LogP contribution is 2.25. The van der Waals surface area contributed by atoms with Gasteiger partial charge in [0.1, 0.15) is 18.5 Å². The minimum atomic E-state index is -0.929. The predicted molar refractivity (Wildman–Crippen MR) is 93.9 cm³/mol. The molecule has 1 atom stereocenters. The second-order valence-corrected chi connectivity index (χ2v) is 5.77. The van der Waals surface area contributed by atoms with Gasteiger partial charge in [0.05, 0.1) is 12.8 Å². The lowest BCUT2D eigenvalue weighted by molar-refractivity contribution is 0.0882. The fourth-order valence-electron chi connectivity index (χ4n) is 2.68. The fraction of sp³-hybridized carbons (Fsp3) is 0.158. The summed E-state index contributed by atoms with van der Waals surface area (Å²) < 4.78 is 17.0. The molecule has 2 aromatic carbocycles. The van der Waals surface area contributed by atoms with E-state index in [1.54, 1.807) is 12.1 Å². The molecular formula is C19H16N2O5. The second-order valence-electron chi connectivity index (χ2n) is 5.77. The number of hydrogen-bond acceptors (Lipinski definition) is 6. The molecule has 0 saturated carbocycles. The average Bonchev–Trinajstić information content (AvgIpc) is 3.30. The van der Waals surface area contributed by atoms with Crippen LogP contribution in [0.2, 0.25) is 0 Å². The van der Waals surface area contributed by atoms with Crippen LogP contribution in [0, 0.1) is 0 Å². The Balaban J connectivity index is 1.44. The molecule has 4 aromatic rings. The first-order valence-corrected chi connectivity index (χ1v) is 8.11. The van der Waals surface area contributed by atoms with Crippen molar-refractivity contribution in [2.24, 2.45) is 0 Å². The zero-order valence-corrected chi connectivity index (χ0v) is 13.7. The first-order chi connectivity index (χ1) is 12.7. The number of furan rings is 1. The second kappa shape index (κ2) is 6.89. The predicted octanol–water partition coefficient (Wildman–Crippen LogP) is 2.69. The first kappa shape index (κ1) is 16.2. The van der Waals surface area contributed by atoms with Crippen molar-refractivity contribution in [1.82, 2.24) is 9.78 Å². The van der Waals surface area contributed by atoms with Gasteiger partial charge in [0, 0.05) is 5.39 Å². The van der Waals surface area contributed by atoms with E-state index in [1.165, 1.54) is 6.26 Å². The minimum Gasteiger partial charge on any atom is -0.490 e. The molecule has 1 unspecified atom stereocenters. The summed E-state index contributed by atoms with van der Waals surface area (Å²) in [7, 11) is 0. The zero-order valence-electron chi connectivity index (χ0n) is 13.7. The Morgan fingerprint density at radius 2 is 1.96 bits per heavy atom. The minimum absolute atomic E-state index is 0.0173. The van der Waals surface area contributed by atoms with Crippen molar-refractivity contribution in [3.8, 4) is 17.4 Å². The maximum atomic E-state index is 11.9. The first-order valence-electron chi connectivity index (χ1n) is 8.11. The summed E-state index contributed by atoms with van der Waals surface area (Å²) in [6.07, 6.45) is 0.530. The van der Waals surface area contributed by atoms with Crippen molar-refractivity contribution in [2.45, 2.75) is 12.6 Å². The van der Waals surface area contributed by atoms with Gasteiger partial charge in [-0.2, -0.15) is 4.68 Å². The highest BCUT2D eigenvalue weighted by atomic mass is 16.5. The van der Waals surface area contributed by atoms with Gasteiger partial charge >= 0.3 is 5.76 Å². The van der Waals surface area contributed by atoms with Crippen molar-refractivity contribution in [1.29, 1.82) is 0 Å². The number of hydrogen-bond donors (Lipinski definition) is 1. The Bertz CT molecular complexity index is 1060. The van der Waals surface area contributed by atoms with Gasteiger partial charge in [-0.1, -0.05) is 36.4 Å². The van der Waals surface area contributed by atoms with Crippen molar-refractivity contribution >= 4 is 10.8 Å². The summed E-state index contributed by atoms with van der Waals surface area (Å²) in [6, 6.07) is 16.8. The largest absolute Gasteiger partial charge is 0.490 e. The smallest absolute Gasteiger partial charge is 0.437 e. The lowest BCUT2D eigenvalue weighted by Crippen LogP contribution is -2.29. The van der Waals surface area contributed by atoms with Gasteiger partial charge in [0.25, 0.3) is 5.89 Å². The Morgan fingerprint density at radius 1 is 1.12 bits per heavy atom. The molecule has 0 radical (unpaired) electrons. The molecule has 2 heterocycles. The zero-order chi connectivity index (χ0) is 17.9. The molecular weight excluding hydrogens is 336 g/mol. The van der Waals surface area contributed by atoms with Crippen LogP contribution in [0.15, 0.2) is 74.5 Å². The molecule has 7 heteroatoms. The maximum absolute atomic E-state index is 11.9. The van der Waals surface area contributed by atoms with E-state index in [9.17, 15) is 9.90 Å². The lowest BCUT2D eigenvalue weighted by atomic mass is 10.1.